The Hall–Kier alpha value is -0.570. The Bertz CT molecular complexity index is 234. The summed E-state index contributed by atoms with van der Waals surface area (Å²) >= 11 is 0. The third kappa shape index (κ3) is 3.78. The van der Waals surface area contributed by atoms with Crippen molar-refractivity contribution in [1.82, 2.24) is 4.90 Å². The zero-order chi connectivity index (χ0) is 12.3. The van der Waals surface area contributed by atoms with Gasteiger partial charge in [0, 0.05) is 6.04 Å². The minimum Gasteiger partial charge on any atom is -0.480 e. The van der Waals surface area contributed by atoms with Crippen LogP contribution in [-0.2, 0) is 4.79 Å². The van der Waals surface area contributed by atoms with Gasteiger partial charge in [-0.3, -0.25) is 9.69 Å². The molecular formula is C13H25NO2. The molecule has 0 bridgehead atoms. The van der Waals surface area contributed by atoms with Crippen LogP contribution in [0.25, 0.3) is 0 Å². The van der Waals surface area contributed by atoms with Gasteiger partial charge in [-0.15, -0.1) is 0 Å². The van der Waals surface area contributed by atoms with Crippen LogP contribution >= 0.6 is 0 Å². The Morgan fingerprint density at radius 3 is 2.19 bits per heavy atom. The molecule has 1 aliphatic rings. The number of hydrogen-bond acceptors (Lipinski definition) is 2. The minimum absolute atomic E-state index is 0.185. The smallest absolute Gasteiger partial charge is 0.321 e. The Morgan fingerprint density at radius 2 is 1.88 bits per heavy atom. The molecule has 3 nitrogen and oxygen atoms in total. The third-order valence-electron chi connectivity index (χ3n) is 3.22. The number of rotatable bonds is 7. The summed E-state index contributed by atoms with van der Waals surface area (Å²) < 4.78 is 0. The third-order valence-corrected chi connectivity index (χ3v) is 3.22. The molecule has 0 aromatic heterocycles. The lowest BCUT2D eigenvalue weighted by molar-refractivity contribution is -0.145. The second-order valence-corrected chi connectivity index (χ2v) is 5.68. The lowest BCUT2D eigenvalue weighted by atomic mass is 10.0. The summed E-state index contributed by atoms with van der Waals surface area (Å²) in [5.74, 6) is 0.166. The largest absolute Gasteiger partial charge is 0.480 e. The van der Waals surface area contributed by atoms with Crippen LogP contribution < -0.4 is 0 Å². The number of carboxylic acid groups (broad SMARTS) is 1. The van der Waals surface area contributed by atoms with Crippen LogP contribution in [0.1, 0.15) is 47.0 Å². The van der Waals surface area contributed by atoms with Crippen LogP contribution in [0, 0.1) is 11.8 Å². The second-order valence-electron chi connectivity index (χ2n) is 5.68. The van der Waals surface area contributed by atoms with Crippen LogP contribution in [0.4, 0.5) is 0 Å². The fourth-order valence-corrected chi connectivity index (χ4v) is 2.17. The van der Waals surface area contributed by atoms with Gasteiger partial charge in [-0.05, 0) is 37.6 Å². The van der Waals surface area contributed by atoms with Gasteiger partial charge in [-0.2, -0.15) is 0 Å². The van der Waals surface area contributed by atoms with E-state index < -0.39 is 5.97 Å². The van der Waals surface area contributed by atoms with Gasteiger partial charge in [0.15, 0.2) is 0 Å². The molecule has 0 spiro atoms. The highest BCUT2D eigenvalue weighted by Gasteiger charge is 2.38. The van der Waals surface area contributed by atoms with E-state index in [-0.39, 0.29) is 12.0 Å². The van der Waals surface area contributed by atoms with Crippen molar-refractivity contribution in [2.24, 2.45) is 11.8 Å². The molecule has 0 amide bonds. The van der Waals surface area contributed by atoms with Crippen molar-refractivity contribution < 1.29 is 9.90 Å². The zero-order valence-corrected chi connectivity index (χ0v) is 10.9. The molecule has 0 aromatic rings. The van der Waals surface area contributed by atoms with Crippen molar-refractivity contribution in [2.45, 2.75) is 59.0 Å². The van der Waals surface area contributed by atoms with Crippen LogP contribution in [0.5, 0.6) is 0 Å². The fraction of sp³-hybridized carbons (Fsp3) is 0.923. The van der Waals surface area contributed by atoms with Crippen LogP contribution in [0.15, 0.2) is 0 Å². The van der Waals surface area contributed by atoms with E-state index >= 15 is 0 Å². The predicted octanol–water partition coefficient (Wildman–Crippen LogP) is 2.61. The molecule has 0 aromatic carbocycles. The molecule has 1 N–H and O–H groups in total. The minimum atomic E-state index is -0.661. The first-order valence-electron chi connectivity index (χ1n) is 6.42. The highest BCUT2D eigenvalue weighted by molar-refractivity contribution is 5.73. The summed E-state index contributed by atoms with van der Waals surface area (Å²) in [6.07, 6.45) is 3.44. The molecule has 94 valence electrons. The number of aliphatic carboxylic acids is 1. The molecular weight excluding hydrogens is 202 g/mol. The molecule has 0 radical (unpaired) electrons. The first-order valence-corrected chi connectivity index (χ1v) is 6.42. The van der Waals surface area contributed by atoms with Gasteiger partial charge in [0.25, 0.3) is 0 Å². The molecule has 1 fully saturated rings. The zero-order valence-electron chi connectivity index (χ0n) is 10.9. The van der Waals surface area contributed by atoms with Crippen molar-refractivity contribution >= 4 is 5.97 Å². The van der Waals surface area contributed by atoms with E-state index in [1.165, 1.54) is 12.8 Å². The summed E-state index contributed by atoms with van der Waals surface area (Å²) in [6.45, 7) is 9.32. The van der Waals surface area contributed by atoms with Crippen LogP contribution in [-0.4, -0.2) is 34.6 Å². The number of nitrogens with zero attached hydrogens (tertiary/aromatic N) is 1. The Kier molecular flexibility index (Phi) is 4.78. The summed E-state index contributed by atoms with van der Waals surface area (Å²) in [5.41, 5.74) is 0. The number of carboxylic acids is 1. The van der Waals surface area contributed by atoms with E-state index in [2.05, 4.69) is 18.7 Å². The Labute approximate surface area is 98.8 Å². The molecule has 3 heteroatoms. The first kappa shape index (κ1) is 13.5. The van der Waals surface area contributed by atoms with E-state index in [4.69, 9.17) is 0 Å². The average molecular weight is 227 g/mol. The van der Waals surface area contributed by atoms with Gasteiger partial charge >= 0.3 is 5.97 Å². The Balaban J connectivity index is 2.62. The molecule has 1 atom stereocenters. The van der Waals surface area contributed by atoms with Crippen molar-refractivity contribution in [1.29, 1.82) is 0 Å². The van der Waals surface area contributed by atoms with Crippen molar-refractivity contribution in [2.75, 3.05) is 6.54 Å². The molecule has 0 saturated heterocycles. The predicted molar refractivity (Wildman–Crippen MR) is 65.4 cm³/mol. The van der Waals surface area contributed by atoms with Gasteiger partial charge in [-0.25, -0.2) is 0 Å². The molecule has 0 heterocycles. The van der Waals surface area contributed by atoms with Crippen molar-refractivity contribution in [3.05, 3.63) is 0 Å². The highest BCUT2D eigenvalue weighted by atomic mass is 16.4. The van der Waals surface area contributed by atoms with E-state index in [9.17, 15) is 9.90 Å². The maximum Gasteiger partial charge on any atom is 0.321 e. The molecule has 0 aliphatic heterocycles. The van der Waals surface area contributed by atoms with E-state index in [0.717, 1.165) is 13.0 Å². The average Bonchev–Trinajstić information content (AvgIpc) is 2.92. The monoisotopic (exact) mass is 227 g/mol. The molecule has 16 heavy (non-hydrogen) atoms. The molecule has 1 saturated carbocycles. The van der Waals surface area contributed by atoms with E-state index in [0.29, 0.717) is 12.0 Å². The van der Waals surface area contributed by atoms with Gasteiger partial charge in [0.1, 0.15) is 6.04 Å². The fourth-order valence-electron chi connectivity index (χ4n) is 2.17. The lowest BCUT2D eigenvalue weighted by Gasteiger charge is -2.32. The maximum absolute atomic E-state index is 11.3. The quantitative estimate of drug-likeness (QED) is 0.727. The summed E-state index contributed by atoms with van der Waals surface area (Å²) in [6, 6.07) is 0.230. The normalized spacial score (nSPS) is 18.4. The topological polar surface area (TPSA) is 40.5 Å². The summed E-state index contributed by atoms with van der Waals surface area (Å²) in [5, 5.41) is 9.31. The van der Waals surface area contributed by atoms with Gasteiger partial charge in [0.05, 0.1) is 0 Å². The number of carbonyl (C=O) groups is 1. The van der Waals surface area contributed by atoms with Crippen molar-refractivity contribution in [3.8, 4) is 0 Å². The van der Waals surface area contributed by atoms with E-state index in [1.807, 2.05) is 13.8 Å². The van der Waals surface area contributed by atoms with Gasteiger partial charge < -0.3 is 5.11 Å². The second kappa shape index (κ2) is 5.67. The number of hydrogen-bond donors (Lipinski definition) is 1. The van der Waals surface area contributed by atoms with Crippen LogP contribution in [0.3, 0.4) is 0 Å². The highest BCUT2D eigenvalue weighted by Crippen LogP contribution is 2.31. The Morgan fingerprint density at radius 1 is 1.31 bits per heavy atom. The van der Waals surface area contributed by atoms with Gasteiger partial charge in [0.2, 0.25) is 0 Å². The summed E-state index contributed by atoms with van der Waals surface area (Å²) in [7, 11) is 0. The lowest BCUT2D eigenvalue weighted by Crippen LogP contribution is -2.46. The molecule has 1 rings (SSSR count). The van der Waals surface area contributed by atoms with Crippen LogP contribution in [0.2, 0.25) is 0 Å². The first-order chi connectivity index (χ1) is 7.43. The standard InChI is InChI=1S/C13H25NO2/c1-9(2)7-8-14(11-5-6-11)12(10(3)4)13(15)16/h9-12H,5-8H2,1-4H3,(H,15,16). The van der Waals surface area contributed by atoms with Crippen molar-refractivity contribution in [3.63, 3.8) is 0 Å². The molecule has 1 aliphatic carbocycles. The van der Waals surface area contributed by atoms with Gasteiger partial charge in [-0.1, -0.05) is 27.7 Å². The summed E-state index contributed by atoms with van der Waals surface area (Å²) in [4.78, 5) is 13.5. The maximum atomic E-state index is 11.3. The van der Waals surface area contributed by atoms with E-state index in [1.54, 1.807) is 0 Å². The SMILES string of the molecule is CC(C)CCN(C1CC1)C(C(=O)O)C(C)C. The molecule has 1 unspecified atom stereocenters.